The van der Waals surface area contributed by atoms with E-state index < -0.39 is 17.6 Å². The zero-order chi connectivity index (χ0) is 22.9. The minimum atomic E-state index is -0.607. The van der Waals surface area contributed by atoms with Crippen LogP contribution in [0.2, 0.25) is 0 Å². The van der Waals surface area contributed by atoms with Crippen LogP contribution in [-0.2, 0) is 22.7 Å². The van der Waals surface area contributed by atoms with E-state index in [1.54, 1.807) is 31.8 Å². The number of carbonyl (C=O) groups excluding carboxylic acids is 2. The molecule has 33 heavy (non-hydrogen) atoms. The summed E-state index contributed by atoms with van der Waals surface area (Å²) >= 11 is 0. The monoisotopic (exact) mass is 444 g/mol. The largest absolute Gasteiger partial charge is 0.497 e. The summed E-state index contributed by atoms with van der Waals surface area (Å²) in [5, 5.41) is 3.09. The molecular weight excluding hydrogens is 423 g/mol. The first-order valence-electron chi connectivity index (χ1n) is 10.5. The van der Waals surface area contributed by atoms with Crippen LogP contribution in [0.3, 0.4) is 0 Å². The number of methoxy groups -OCH3 is 1. The van der Waals surface area contributed by atoms with E-state index in [1.165, 1.54) is 12.1 Å². The summed E-state index contributed by atoms with van der Waals surface area (Å²) in [4.78, 5) is 29.6. The minimum absolute atomic E-state index is 0.0402. The van der Waals surface area contributed by atoms with Gasteiger partial charge in [0.15, 0.2) is 0 Å². The molecule has 4 aromatic rings. The third-order valence-electron chi connectivity index (χ3n) is 5.81. The van der Waals surface area contributed by atoms with Gasteiger partial charge in [-0.2, -0.15) is 0 Å². The predicted octanol–water partition coefficient (Wildman–Crippen LogP) is 3.64. The molecule has 3 heterocycles. The lowest BCUT2D eigenvalue weighted by Crippen LogP contribution is -2.22. The van der Waals surface area contributed by atoms with Crippen LogP contribution in [0.25, 0.3) is 22.0 Å². The summed E-state index contributed by atoms with van der Waals surface area (Å²) in [6.07, 6.45) is 8.10. The molecule has 2 amide bonds. The molecule has 0 atom stereocenters. The summed E-state index contributed by atoms with van der Waals surface area (Å²) in [6, 6.07) is 11.6. The van der Waals surface area contributed by atoms with Gasteiger partial charge >= 0.3 is 0 Å². The first kappa shape index (κ1) is 20.7. The number of hydrogen-bond donors (Lipinski definition) is 1. The van der Waals surface area contributed by atoms with E-state index in [9.17, 15) is 14.0 Å². The van der Waals surface area contributed by atoms with Gasteiger partial charge in [-0.3, -0.25) is 14.9 Å². The lowest BCUT2D eigenvalue weighted by molar-refractivity contribution is -0.122. The summed E-state index contributed by atoms with van der Waals surface area (Å²) in [6.45, 7) is 1.46. The third kappa shape index (κ3) is 3.69. The predicted molar refractivity (Wildman–Crippen MR) is 122 cm³/mol. The molecule has 1 N–H and O–H groups in total. The van der Waals surface area contributed by atoms with Gasteiger partial charge in [0.1, 0.15) is 11.6 Å². The van der Waals surface area contributed by atoms with Crippen molar-refractivity contribution in [3.63, 3.8) is 0 Å². The van der Waals surface area contributed by atoms with Crippen molar-refractivity contribution in [1.29, 1.82) is 0 Å². The number of carbonyl (C=O) groups is 2. The van der Waals surface area contributed by atoms with E-state index in [0.717, 1.165) is 23.9 Å². The normalized spacial score (nSPS) is 13.8. The molecule has 0 unspecified atom stereocenters. The number of aromatic nitrogens is 3. The molecule has 1 aliphatic heterocycles. The van der Waals surface area contributed by atoms with Gasteiger partial charge in [0.25, 0.3) is 11.8 Å². The van der Waals surface area contributed by atoms with Crippen molar-refractivity contribution in [2.45, 2.75) is 19.5 Å². The molecule has 0 bridgehead atoms. The highest BCUT2D eigenvalue weighted by Crippen LogP contribution is 2.38. The van der Waals surface area contributed by atoms with Crippen LogP contribution in [0, 0.1) is 5.82 Å². The molecule has 2 aromatic heterocycles. The van der Waals surface area contributed by atoms with E-state index in [-0.39, 0.29) is 16.7 Å². The molecule has 0 saturated carbocycles. The van der Waals surface area contributed by atoms with Crippen LogP contribution in [0.15, 0.2) is 67.4 Å². The Labute approximate surface area is 189 Å². The van der Waals surface area contributed by atoms with E-state index in [2.05, 4.69) is 10.3 Å². The number of rotatable bonds is 7. The Bertz CT molecular complexity index is 1400. The Morgan fingerprint density at radius 2 is 1.82 bits per heavy atom. The first-order chi connectivity index (χ1) is 16.1. The number of imidazole rings is 1. The number of halogens is 1. The number of ether oxygens (including phenoxy) is 1. The molecule has 7 nitrogen and oxygen atoms in total. The van der Waals surface area contributed by atoms with Crippen molar-refractivity contribution in [1.82, 2.24) is 19.4 Å². The van der Waals surface area contributed by atoms with Gasteiger partial charge in [-0.1, -0.05) is 18.2 Å². The van der Waals surface area contributed by atoms with Crippen molar-refractivity contribution >= 4 is 33.9 Å². The molecule has 5 rings (SSSR count). The molecule has 0 aliphatic carbocycles. The molecule has 1 aliphatic rings. The van der Waals surface area contributed by atoms with Crippen molar-refractivity contribution in [3.8, 4) is 5.75 Å². The molecule has 0 fully saturated rings. The fourth-order valence-electron chi connectivity index (χ4n) is 4.26. The maximum Gasteiger partial charge on any atom is 0.259 e. The number of nitrogens with zero attached hydrogens (tertiary/aromatic N) is 3. The third-order valence-corrected chi connectivity index (χ3v) is 5.81. The van der Waals surface area contributed by atoms with Gasteiger partial charge in [0.2, 0.25) is 0 Å². The Hall–Kier alpha value is -4.20. The topological polar surface area (TPSA) is 78.1 Å². The van der Waals surface area contributed by atoms with Crippen LogP contribution in [0.5, 0.6) is 5.75 Å². The fraction of sp³-hybridized carbons (Fsp3) is 0.160. The number of aryl methyl sites for hydroxylation is 2. The minimum Gasteiger partial charge on any atom is -0.497 e. The Balaban J connectivity index is 1.65. The molecule has 8 heteroatoms. The van der Waals surface area contributed by atoms with Crippen molar-refractivity contribution < 1.29 is 18.7 Å². The van der Waals surface area contributed by atoms with Crippen molar-refractivity contribution in [2.24, 2.45) is 0 Å². The number of amides is 2. The molecule has 2 aromatic carbocycles. The molecule has 166 valence electrons. The Kier molecular flexibility index (Phi) is 5.26. The van der Waals surface area contributed by atoms with E-state index >= 15 is 0 Å². The Morgan fingerprint density at radius 3 is 2.55 bits per heavy atom. The van der Waals surface area contributed by atoms with E-state index in [1.807, 2.05) is 39.7 Å². The van der Waals surface area contributed by atoms with Gasteiger partial charge in [-0.05, 0) is 30.7 Å². The van der Waals surface area contributed by atoms with Gasteiger partial charge in [-0.25, -0.2) is 9.37 Å². The summed E-state index contributed by atoms with van der Waals surface area (Å²) in [7, 11) is 1.57. The van der Waals surface area contributed by atoms with Crippen LogP contribution >= 0.6 is 0 Å². The summed E-state index contributed by atoms with van der Waals surface area (Å²) < 4.78 is 24.0. The number of imide groups is 1. The standard InChI is InChI=1S/C25H21FN4O3/c1-33-16-7-8-21-18(13-16)19(14-30(21)11-4-10-29-12-9-27-15-29)23-22(24(31)28-25(23)32)17-5-2-3-6-20(17)26/h2-3,5-9,12-15H,4,10-11H2,1H3,(H,28,31,32). The van der Waals surface area contributed by atoms with Crippen LogP contribution < -0.4 is 10.1 Å². The van der Waals surface area contributed by atoms with Crippen LogP contribution in [0.1, 0.15) is 17.5 Å². The quantitative estimate of drug-likeness (QED) is 0.442. The SMILES string of the molecule is COc1ccc2c(c1)c(C1=C(c3ccccc3F)C(=O)NC1=O)cn2CCCn1ccnc1. The van der Waals surface area contributed by atoms with Gasteiger partial charge in [0, 0.05) is 53.7 Å². The molecule has 0 saturated heterocycles. The zero-order valence-corrected chi connectivity index (χ0v) is 17.9. The maximum atomic E-state index is 14.6. The highest BCUT2D eigenvalue weighted by Gasteiger charge is 2.35. The van der Waals surface area contributed by atoms with Gasteiger partial charge < -0.3 is 13.9 Å². The average Bonchev–Trinajstić information content (AvgIpc) is 3.52. The summed E-state index contributed by atoms with van der Waals surface area (Å²) in [5.74, 6) is -1.09. The Morgan fingerprint density at radius 1 is 1.03 bits per heavy atom. The average molecular weight is 444 g/mol. The fourth-order valence-corrected chi connectivity index (χ4v) is 4.26. The summed E-state index contributed by atoms with van der Waals surface area (Å²) in [5.41, 5.74) is 1.76. The second kappa shape index (κ2) is 8.38. The lowest BCUT2D eigenvalue weighted by Gasteiger charge is -2.06. The van der Waals surface area contributed by atoms with Crippen molar-refractivity contribution in [3.05, 3.63) is 84.3 Å². The number of fused-ring (bicyclic) bond motifs is 1. The first-order valence-corrected chi connectivity index (χ1v) is 10.5. The molecule has 0 radical (unpaired) electrons. The second-order valence-corrected chi connectivity index (χ2v) is 7.79. The van der Waals surface area contributed by atoms with E-state index in [4.69, 9.17) is 4.74 Å². The maximum absolute atomic E-state index is 14.6. The van der Waals surface area contributed by atoms with E-state index in [0.29, 0.717) is 17.9 Å². The molecular formula is C25H21FN4O3. The smallest absolute Gasteiger partial charge is 0.259 e. The van der Waals surface area contributed by atoms with Gasteiger partial charge in [-0.15, -0.1) is 0 Å². The molecule has 0 spiro atoms. The van der Waals surface area contributed by atoms with Crippen LogP contribution in [0.4, 0.5) is 4.39 Å². The number of nitrogens with one attached hydrogen (secondary N) is 1. The zero-order valence-electron chi connectivity index (χ0n) is 17.9. The lowest BCUT2D eigenvalue weighted by atomic mass is 9.95. The second-order valence-electron chi connectivity index (χ2n) is 7.79. The number of benzene rings is 2. The van der Waals surface area contributed by atoms with Gasteiger partial charge in [0.05, 0.1) is 24.6 Å². The number of hydrogen-bond acceptors (Lipinski definition) is 4. The van der Waals surface area contributed by atoms with Crippen molar-refractivity contribution in [2.75, 3.05) is 7.11 Å². The highest BCUT2D eigenvalue weighted by molar-refractivity contribution is 6.50. The highest BCUT2D eigenvalue weighted by atomic mass is 19.1. The van der Waals surface area contributed by atoms with Crippen LogP contribution in [-0.4, -0.2) is 33.0 Å².